The molecule has 0 bridgehead atoms. The molecule has 146 valence electrons. The van der Waals surface area contributed by atoms with Crippen LogP contribution in [0, 0.1) is 6.92 Å². The molecular weight excluding hydrogens is 374 g/mol. The lowest BCUT2D eigenvalue weighted by molar-refractivity contribution is 0.0752. The third-order valence-corrected chi connectivity index (χ3v) is 5.85. The highest BCUT2D eigenvalue weighted by molar-refractivity contribution is 7.89. The lowest BCUT2D eigenvalue weighted by Gasteiger charge is -2.15. The minimum absolute atomic E-state index is 0.0643. The van der Waals surface area contributed by atoms with Crippen molar-refractivity contribution in [2.24, 2.45) is 0 Å². The molecule has 0 aliphatic heterocycles. The first-order valence-corrected chi connectivity index (χ1v) is 10.8. The normalized spacial score (nSPS) is 11.4. The van der Waals surface area contributed by atoms with Gasteiger partial charge in [-0.2, -0.15) is 0 Å². The van der Waals surface area contributed by atoms with E-state index < -0.39 is 9.84 Å². The fourth-order valence-electron chi connectivity index (χ4n) is 2.89. The van der Waals surface area contributed by atoms with Gasteiger partial charge in [0, 0.05) is 13.6 Å². The lowest BCUT2D eigenvalue weighted by Crippen LogP contribution is -2.25. The fourth-order valence-corrected chi connectivity index (χ4v) is 4.28. The van der Waals surface area contributed by atoms with Crippen molar-refractivity contribution in [3.05, 3.63) is 94.9 Å². The van der Waals surface area contributed by atoms with Gasteiger partial charge in [0.15, 0.2) is 15.6 Å². The molecule has 0 fully saturated rings. The van der Waals surface area contributed by atoms with Crippen LogP contribution in [-0.4, -0.2) is 26.3 Å². The van der Waals surface area contributed by atoms with Crippen LogP contribution in [0.5, 0.6) is 0 Å². The van der Waals surface area contributed by atoms with E-state index >= 15 is 0 Å². The van der Waals surface area contributed by atoms with Gasteiger partial charge in [-0.3, -0.25) is 4.79 Å². The first-order valence-electron chi connectivity index (χ1n) is 8.96. The van der Waals surface area contributed by atoms with Gasteiger partial charge in [-0.25, -0.2) is 8.42 Å². The molecule has 0 aliphatic carbocycles. The number of carbonyl (C=O) groups excluding carboxylic acids is 1. The maximum atomic E-state index is 12.5. The van der Waals surface area contributed by atoms with Crippen molar-refractivity contribution < 1.29 is 17.6 Å². The SMILES string of the molecule is Cc1ccc(CS(=O)(=O)Cc2ccc(C(=O)N(C)Cc3ccccc3)o2)cc1. The molecular formula is C22H23NO4S. The Bertz CT molecular complexity index is 1040. The molecule has 0 aliphatic rings. The third kappa shape index (κ3) is 5.33. The number of furan rings is 1. The smallest absolute Gasteiger partial charge is 0.289 e. The topological polar surface area (TPSA) is 67.6 Å². The molecule has 0 unspecified atom stereocenters. The van der Waals surface area contributed by atoms with Gasteiger partial charge in [0.1, 0.15) is 11.5 Å². The number of rotatable bonds is 7. The second-order valence-corrected chi connectivity index (χ2v) is 9.00. The number of sulfone groups is 1. The van der Waals surface area contributed by atoms with E-state index in [0.717, 1.165) is 16.7 Å². The maximum Gasteiger partial charge on any atom is 0.289 e. The van der Waals surface area contributed by atoms with Crippen molar-refractivity contribution in [2.45, 2.75) is 25.0 Å². The van der Waals surface area contributed by atoms with E-state index in [-0.39, 0.29) is 28.9 Å². The molecule has 1 aromatic heterocycles. The first kappa shape index (κ1) is 19.9. The highest BCUT2D eigenvalue weighted by atomic mass is 32.2. The molecule has 28 heavy (non-hydrogen) atoms. The lowest BCUT2D eigenvalue weighted by atomic mass is 10.2. The Morgan fingerprint density at radius 3 is 2.25 bits per heavy atom. The summed E-state index contributed by atoms with van der Waals surface area (Å²) in [5.41, 5.74) is 2.82. The molecule has 5 nitrogen and oxygen atoms in total. The fraction of sp³-hybridized carbons (Fsp3) is 0.227. The molecule has 3 aromatic rings. The Hall–Kier alpha value is -2.86. The summed E-state index contributed by atoms with van der Waals surface area (Å²) in [6.07, 6.45) is 0. The van der Waals surface area contributed by atoms with Crippen LogP contribution in [0.4, 0.5) is 0 Å². The largest absolute Gasteiger partial charge is 0.455 e. The van der Waals surface area contributed by atoms with Crippen molar-refractivity contribution in [3.63, 3.8) is 0 Å². The van der Waals surface area contributed by atoms with E-state index in [0.29, 0.717) is 6.54 Å². The Morgan fingerprint density at radius 2 is 1.57 bits per heavy atom. The number of carbonyl (C=O) groups is 1. The molecule has 0 radical (unpaired) electrons. The maximum absolute atomic E-state index is 12.5. The summed E-state index contributed by atoms with van der Waals surface area (Å²) < 4.78 is 30.4. The standard InChI is InChI=1S/C22H23NO4S/c1-17-8-10-19(11-9-17)15-28(25,26)16-20-12-13-21(27-20)22(24)23(2)14-18-6-4-3-5-7-18/h3-13H,14-16H2,1-2H3. The molecule has 0 atom stereocenters. The number of hydrogen-bond acceptors (Lipinski definition) is 4. The van der Waals surface area contributed by atoms with E-state index in [4.69, 9.17) is 4.42 Å². The van der Waals surface area contributed by atoms with Gasteiger partial charge in [0.2, 0.25) is 0 Å². The molecule has 0 N–H and O–H groups in total. The average molecular weight is 397 g/mol. The quantitative estimate of drug-likeness (QED) is 0.605. The number of aryl methyl sites for hydroxylation is 1. The van der Waals surface area contributed by atoms with Gasteiger partial charge in [0.25, 0.3) is 5.91 Å². The zero-order valence-electron chi connectivity index (χ0n) is 16.0. The summed E-state index contributed by atoms with van der Waals surface area (Å²) in [4.78, 5) is 14.1. The molecule has 2 aromatic carbocycles. The summed E-state index contributed by atoms with van der Waals surface area (Å²) >= 11 is 0. The molecule has 1 amide bonds. The van der Waals surface area contributed by atoms with Gasteiger partial charge in [-0.15, -0.1) is 0 Å². The van der Waals surface area contributed by atoms with Crippen LogP contribution in [0.25, 0.3) is 0 Å². The van der Waals surface area contributed by atoms with E-state index in [2.05, 4.69) is 0 Å². The number of benzene rings is 2. The Kier molecular flexibility index (Phi) is 5.99. The van der Waals surface area contributed by atoms with Crippen molar-refractivity contribution in [1.29, 1.82) is 0 Å². The summed E-state index contributed by atoms with van der Waals surface area (Å²) in [6, 6.07) is 20.1. The van der Waals surface area contributed by atoms with Gasteiger partial charge < -0.3 is 9.32 Å². The molecule has 6 heteroatoms. The van der Waals surface area contributed by atoms with E-state index in [1.54, 1.807) is 18.0 Å². The van der Waals surface area contributed by atoms with Crippen molar-refractivity contribution in [2.75, 3.05) is 7.05 Å². The predicted molar refractivity (Wildman–Crippen MR) is 108 cm³/mol. The van der Waals surface area contributed by atoms with Crippen LogP contribution in [0.15, 0.2) is 71.1 Å². The van der Waals surface area contributed by atoms with Gasteiger partial charge in [-0.1, -0.05) is 60.2 Å². The molecule has 0 spiro atoms. The van der Waals surface area contributed by atoms with E-state index in [9.17, 15) is 13.2 Å². The summed E-state index contributed by atoms with van der Waals surface area (Å²) in [6.45, 7) is 2.40. The second-order valence-electron chi connectivity index (χ2n) is 6.93. The zero-order valence-corrected chi connectivity index (χ0v) is 16.8. The second kappa shape index (κ2) is 8.44. The highest BCUT2D eigenvalue weighted by Crippen LogP contribution is 2.17. The summed E-state index contributed by atoms with van der Waals surface area (Å²) in [5, 5.41) is 0. The van der Waals surface area contributed by atoms with Crippen molar-refractivity contribution >= 4 is 15.7 Å². The zero-order chi connectivity index (χ0) is 20.1. The van der Waals surface area contributed by atoms with Crippen molar-refractivity contribution in [1.82, 2.24) is 4.90 Å². The Labute approximate surface area is 165 Å². The minimum Gasteiger partial charge on any atom is -0.455 e. The number of hydrogen-bond donors (Lipinski definition) is 0. The molecule has 1 heterocycles. The number of nitrogens with zero attached hydrogens (tertiary/aromatic N) is 1. The molecule has 3 rings (SSSR count). The number of amides is 1. The van der Waals surface area contributed by atoms with Crippen molar-refractivity contribution in [3.8, 4) is 0 Å². The highest BCUT2D eigenvalue weighted by Gasteiger charge is 2.20. The van der Waals surface area contributed by atoms with Gasteiger partial charge >= 0.3 is 0 Å². The average Bonchev–Trinajstić information content (AvgIpc) is 3.11. The summed E-state index contributed by atoms with van der Waals surface area (Å²) in [7, 11) is -1.71. The van der Waals surface area contributed by atoms with Gasteiger partial charge in [0.05, 0.1) is 5.75 Å². The third-order valence-electron chi connectivity index (χ3n) is 4.35. The Morgan fingerprint density at radius 1 is 0.893 bits per heavy atom. The van der Waals surface area contributed by atoms with Crippen LogP contribution in [-0.2, 0) is 27.9 Å². The monoisotopic (exact) mass is 397 g/mol. The summed E-state index contributed by atoms with van der Waals surface area (Å²) in [5.74, 6) is -0.185. The minimum atomic E-state index is -3.40. The van der Waals surface area contributed by atoms with Crippen LogP contribution in [0.3, 0.4) is 0 Å². The van der Waals surface area contributed by atoms with Crippen LogP contribution >= 0.6 is 0 Å². The Balaban J connectivity index is 1.64. The van der Waals surface area contributed by atoms with Crippen LogP contribution in [0.1, 0.15) is 33.0 Å². The first-order chi connectivity index (χ1) is 13.3. The van der Waals surface area contributed by atoms with E-state index in [1.807, 2.05) is 61.5 Å². The molecule has 0 saturated heterocycles. The van der Waals surface area contributed by atoms with Gasteiger partial charge in [-0.05, 0) is 30.2 Å². The molecule has 0 saturated carbocycles. The van der Waals surface area contributed by atoms with E-state index in [1.165, 1.54) is 6.07 Å². The van der Waals surface area contributed by atoms with Crippen LogP contribution in [0.2, 0.25) is 0 Å². The van der Waals surface area contributed by atoms with Crippen LogP contribution < -0.4 is 0 Å². The predicted octanol–water partition coefficient (Wildman–Crippen LogP) is 3.98.